The van der Waals surface area contributed by atoms with Crippen LogP contribution in [-0.2, 0) is 22.4 Å². The Bertz CT molecular complexity index is 434. The number of aromatic nitrogens is 2. The fourth-order valence-electron chi connectivity index (χ4n) is 2.07. The van der Waals surface area contributed by atoms with E-state index in [-0.39, 0.29) is 5.97 Å². The molecule has 98 valence electrons. The van der Waals surface area contributed by atoms with Crippen molar-refractivity contribution in [3.05, 3.63) is 17.6 Å². The van der Waals surface area contributed by atoms with Crippen LogP contribution in [0, 0.1) is 0 Å². The zero-order valence-electron chi connectivity index (χ0n) is 10.8. The Kier molecular flexibility index (Phi) is 4.12. The zero-order chi connectivity index (χ0) is 13.0. The van der Waals surface area contributed by atoms with E-state index >= 15 is 0 Å². The third-order valence-corrected chi connectivity index (χ3v) is 2.99. The Hall–Kier alpha value is -1.65. The van der Waals surface area contributed by atoms with Crippen molar-refractivity contribution in [2.75, 3.05) is 6.61 Å². The SMILES string of the molecule is CCOC(=O)C(C)Oc1ncnc2c1CCCC2. The van der Waals surface area contributed by atoms with Crippen LogP contribution in [0.25, 0.3) is 0 Å². The minimum Gasteiger partial charge on any atom is -0.463 e. The molecule has 5 heteroatoms. The van der Waals surface area contributed by atoms with Gasteiger partial charge in [0.25, 0.3) is 0 Å². The molecule has 0 amide bonds. The fourth-order valence-corrected chi connectivity index (χ4v) is 2.07. The largest absolute Gasteiger partial charge is 0.463 e. The summed E-state index contributed by atoms with van der Waals surface area (Å²) in [5.41, 5.74) is 2.09. The molecule has 0 saturated heterocycles. The molecule has 2 rings (SSSR count). The molecule has 5 nitrogen and oxygen atoms in total. The second-order valence-electron chi connectivity index (χ2n) is 4.32. The molecule has 1 atom stereocenters. The number of carbonyl (C=O) groups excluding carboxylic acids is 1. The van der Waals surface area contributed by atoms with Gasteiger partial charge in [0, 0.05) is 5.56 Å². The smallest absolute Gasteiger partial charge is 0.347 e. The number of ether oxygens (including phenoxy) is 2. The number of rotatable bonds is 4. The van der Waals surface area contributed by atoms with E-state index in [1.54, 1.807) is 13.8 Å². The molecule has 1 aromatic heterocycles. The van der Waals surface area contributed by atoms with Crippen molar-refractivity contribution < 1.29 is 14.3 Å². The van der Waals surface area contributed by atoms with E-state index < -0.39 is 6.10 Å². The maximum absolute atomic E-state index is 11.5. The molecule has 0 N–H and O–H groups in total. The average molecular weight is 250 g/mol. The summed E-state index contributed by atoms with van der Waals surface area (Å²) in [5, 5.41) is 0. The van der Waals surface area contributed by atoms with Gasteiger partial charge in [-0.15, -0.1) is 0 Å². The highest BCUT2D eigenvalue weighted by molar-refractivity contribution is 5.74. The lowest BCUT2D eigenvalue weighted by molar-refractivity contribution is -0.150. The Morgan fingerprint density at radius 3 is 2.94 bits per heavy atom. The molecule has 0 fully saturated rings. The molecule has 1 aliphatic carbocycles. The summed E-state index contributed by atoms with van der Waals surface area (Å²) >= 11 is 0. The normalized spacial score (nSPS) is 15.7. The molecular weight excluding hydrogens is 232 g/mol. The first-order valence-electron chi connectivity index (χ1n) is 6.38. The standard InChI is InChI=1S/C13H18N2O3/c1-3-17-13(16)9(2)18-12-10-6-4-5-7-11(10)14-8-15-12/h8-9H,3-7H2,1-2H3. The van der Waals surface area contributed by atoms with Crippen molar-refractivity contribution in [3.63, 3.8) is 0 Å². The quantitative estimate of drug-likeness (QED) is 0.761. The number of fused-ring (bicyclic) bond motifs is 1. The maximum atomic E-state index is 11.5. The van der Waals surface area contributed by atoms with Gasteiger partial charge in [-0.05, 0) is 39.5 Å². The summed E-state index contributed by atoms with van der Waals surface area (Å²) in [4.78, 5) is 19.9. The number of hydrogen-bond donors (Lipinski definition) is 0. The van der Waals surface area contributed by atoms with Crippen LogP contribution >= 0.6 is 0 Å². The molecule has 1 unspecified atom stereocenters. The lowest BCUT2D eigenvalue weighted by Gasteiger charge is -2.19. The zero-order valence-corrected chi connectivity index (χ0v) is 10.8. The van der Waals surface area contributed by atoms with Gasteiger partial charge in [0.1, 0.15) is 6.33 Å². The van der Waals surface area contributed by atoms with E-state index in [0.29, 0.717) is 12.5 Å². The Morgan fingerprint density at radius 1 is 1.39 bits per heavy atom. The summed E-state index contributed by atoms with van der Waals surface area (Å²) in [5.74, 6) is 0.168. The van der Waals surface area contributed by atoms with Crippen molar-refractivity contribution >= 4 is 5.97 Å². The number of hydrogen-bond acceptors (Lipinski definition) is 5. The molecule has 0 saturated carbocycles. The van der Waals surface area contributed by atoms with Gasteiger partial charge < -0.3 is 9.47 Å². The number of esters is 1. The maximum Gasteiger partial charge on any atom is 0.347 e. The first-order valence-corrected chi connectivity index (χ1v) is 6.38. The van der Waals surface area contributed by atoms with Crippen LogP contribution in [0.1, 0.15) is 37.9 Å². The molecule has 0 bridgehead atoms. The second kappa shape index (κ2) is 5.80. The van der Waals surface area contributed by atoms with Crippen LogP contribution in [0.4, 0.5) is 0 Å². The second-order valence-corrected chi connectivity index (χ2v) is 4.32. The molecule has 1 aliphatic rings. The topological polar surface area (TPSA) is 61.3 Å². The average Bonchev–Trinajstić information content (AvgIpc) is 2.39. The van der Waals surface area contributed by atoms with E-state index in [1.807, 2.05) is 0 Å². The first-order chi connectivity index (χ1) is 8.72. The number of carbonyl (C=O) groups is 1. The van der Waals surface area contributed by atoms with E-state index in [9.17, 15) is 4.79 Å². The van der Waals surface area contributed by atoms with E-state index in [0.717, 1.165) is 36.9 Å². The highest BCUT2D eigenvalue weighted by Crippen LogP contribution is 2.26. The van der Waals surface area contributed by atoms with Gasteiger partial charge >= 0.3 is 5.97 Å². The summed E-state index contributed by atoms with van der Waals surface area (Å²) in [7, 11) is 0. The van der Waals surface area contributed by atoms with Crippen LogP contribution in [0.15, 0.2) is 6.33 Å². The minimum absolute atomic E-state index is 0.356. The first kappa shape index (κ1) is 12.8. The van der Waals surface area contributed by atoms with E-state index in [2.05, 4.69) is 9.97 Å². The highest BCUT2D eigenvalue weighted by atomic mass is 16.6. The number of aryl methyl sites for hydroxylation is 1. The highest BCUT2D eigenvalue weighted by Gasteiger charge is 2.21. The van der Waals surface area contributed by atoms with Gasteiger partial charge in [0.15, 0.2) is 6.10 Å². The predicted molar refractivity (Wildman–Crippen MR) is 65.4 cm³/mol. The minimum atomic E-state index is -0.633. The van der Waals surface area contributed by atoms with Crippen molar-refractivity contribution in [3.8, 4) is 5.88 Å². The van der Waals surface area contributed by atoms with Gasteiger partial charge in [-0.1, -0.05) is 0 Å². The third kappa shape index (κ3) is 2.78. The monoisotopic (exact) mass is 250 g/mol. The number of nitrogens with zero attached hydrogens (tertiary/aromatic N) is 2. The van der Waals surface area contributed by atoms with Crippen LogP contribution in [0.3, 0.4) is 0 Å². The Morgan fingerprint density at radius 2 is 2.17 bits per heavy atom. The lowest BCUT2D eigenvalue weighted by atomic mass is 9.97. The molecule has 0 radical (unpaired) electrons. The Balaban J connectivity index is 2.11. The Labute approximate surface area is 107 Å². The van der Waals surface area contributed by atoms with E-state index in [4.69, 9.17) is 9.47 Å². The molecule has 18 heavy (non-hydrogen) atoms. The van der Waals surface area contributed by atoms with Crippen LogP contribution < -0.4 is 4.74 Å². The van der Waals surface area contributed by atoms with Gasteiger partial charge in [-0.2, -0.15) is 0 Å². The van der Waals surface area contributed by atoms with Crippen molar-refractivity contribution in [1.29, 1.82) is 0 Å². The summed E-state index contributed by atoms with van der Waals surface area (Å²) in [6.07, 6.45) is 5.01. The lowest BCUT2D eigenvalue weighted by Crippen LogP contribution is -2.27. The van der Waals surface area contributed by atoms with Crippen molar-refractivity contribution in [1.82, 2.24) is 9.97 Å². The summed E-state index contributed by atoms with van der Waals surface area (Å²) in [6, 6.07) is 0. The van der Waals surface area contributed by atoms with Gasteiger partial charge in [0.05, 0.1) is 12.3 Å². The molecule has 1 heterocycles. The van der Waals surface area contributed by atoms with Gasteiger partial charge in [0.2, 0.25) is 5.88 Å². The molecule has 0 aromatic carbocycles. The van der Waals surface area contributed by atoms with Crippen LogP contribution in [0.5, 0.6) is 5.88 Å². The fraction of sp³-hybridized carbons (Fsp3) is 0.615. The van der Waals surface area contributed by atoms with Crippen molar-refractivity contribution in [2.45, 2.75) is 45.6 Å². The van der Waals surface area contributed by atoms with Crippen LogP contribution in [-0.4, -0.2) is 28.6 Å². The van der Waals surface area contributed by atoms with Gasteiger partial charge in [-0.25, -0.2) is 14.8 Å². The van der Waals surface area contributed by atoms with E-state index in [1.165, 1.54) is 6.33 Å². The predicted octanol–water partition coefficient (Wildman–Crippen LogP) is 1.69. The van der Waals surface area contributed by atoms with Gasteiger partial charge in [-0.3, -0.25) is 0 Å². The third-order valence-electron chi connectivity index (χ3n) is 2.99. The molecule has 1 aromatic rings. The molecular formula is C13H18N2O3. The van der Waals surface area contributed by atoms with Crippen LogP contribution in [0.2, 0.25) is 0 Å². The summed E-state index contributed by atoms with van der Waals surface area (Å²) < 4.78 is 10.5. The molecule has 0 spiro atoms. The molecule has 0 aliphatic heterocycles. The summed E-state index contributed by atoms with van der Waals surface area (Å²) in [6.45, 7) is 3.81. The van der Waals surface area contributed by atoms with Crippen molar-refractivity contribution in [2.24, 2.45) is 0 Å².